The summed E-state index contributed by atoms with van der Waals surface area (Å²) in [4.78, 5) is 11.1. The Hall–Kier alpha value is -1.46. The first kappa shape index (κ1) is 18.6. The maximum absolute atomic E-state index is 11.1. The van der Waals surface area contributed by atoms with Crippen molar-refractivity contribution in [3.63, 3.8) is 0 Å². The minimum absolute atomic E-state index is 0.321. The van der Waals surface area contributed by atoms with Crippen molar-refractivity contribution in [1.82, 2.24) is 5.32 Å². The summed E-state index contributed by atoms with van der Waals surface area (Å²) in [7, 11) is 0. The topological polar surface area (TPSA) is 56.8 Å². The van der Waals surface area contributed by atoms with Crippen LogP contribution in [0.1, 0.15) is 26.3 Å². The first-order chi connectivity index (χ1) is 10.5. The zero-order chi connectivity index (χ0) is 16.4. The van der Waals surface area contributed by atoms with E-state index in [9.17, 15) is 4.79 Å². The van der Waals surface area contributed by atoms with Gasteiger partial charge in [-0.1, -0.05) is 31.5 Å². The molecule has 5 nitrogen and oxygen atoms in total. The lowest BCUT2D eigenvalue weighted by molar-refractivity contribution is 0.0970. The smallest absolute Gasteiger partial charge is 0.407 e. The number of carbonyl (C=O) groups excluding carboxylic acids is 1. The van der Waals surface area contributed by atoms with Crippen LogP contribution >= 0.6 is 11.6 Å². The molecule has 0 aliphatic heterocycles. The molecule has 0 aliphatic carbocycles. The van der Waals surface area contributed by atoms with Crippen LogP contribution in [-0.2, 0) is 16.1 Å². The predicted octanol–water partition coefficient (Wildman–Crippen LogP) is 3.64. The predicted molar refractivity (Wildman–Crippen MR) is 86.5 cm³/mol. The van der Waals surface area contributed by atoms with Crippen LogP contribution in [0.5, 0.6) is 5.75 Å². The van der Waals surface area contributed by atoms with Crippen LogP contribution in [0, 0.1) is 5.92 Å². The fourth-order valence-corrected chi connectivity index (χ4v) is 1.92. The fraction of sp³-hybridized carbons (Fsp3) is 0.562. The molecule has 1 N–H and O–H groups in total. The van der Waals surface area contributed by atoms with E-state index in [1.165, 1.54) is 0 Å². The molecule has 0 aliphatic rings. The van der Waals surface area contributed by atoms with Crippen LogP contribution in [0.15, 0.2) is 18.2 Å². The Morgan fingerprint density at radius 2 is 2.14 bits per heavy atom. The number of nitrogens with one attached hydrogen (secondary N) is 1. The maximum atomic E-state index is 11.1. The summed E-state index contributed by atoms with van der Waals surface area (Å²) in [5.74, 6) is 1.09. The van der Waals surface area contributed by atoms with Crippen molar-refractivity contribution in [2.75, 3.05) is 26.4 Å². The molecule has 0 atom stereocenters. The van der Waals surface area contributed by atoms with E-state index >= 15 is 0 Å². The van der Waals surface area contributed by atoms with E-state index in [0.717, 1.165) is 12.2 Å². The molecule has 0 unspecified atom stereocenters. The Morgan fingerprint density at radius 1 is 1.36 bits per heavy atom. The Balaban J connectivity index is 2.34. The van der Waals surface area contributed by atoms with Crippen molar-refractivity contribution in [3.8, 4) is 5.75 Å². The second kappa shape index (κ2) is 10.3. The second-order valence-corrected chi connectivity index (χ2v) is 5.58. The largest absolute Gasteiger partial charge is 0.490 e. The van der Waals surface area contributed by atoms with E-state index in [-0.39, 0.29) is 0 Å². The van der Waals surface area contributed by atoms with Gasteiger partial charge in [0.25, 0.3) is 0 Å². The Labute approximate surface area is 136 Å². The lowest BCUT2D eigenvalue weighted by Crippen LogP contribution is -2.28. The molecule has 1 rings (SSSR count). The molecule has 0 radical (unpaired) electrons. The van der Waals surface area contributed by atoms with Crippen LogP contribution in [0.4, 0.5) is 4.79 Å². The van der Waals surface area contributed by atoms with Gasteiger partial charge in [0.1, 0.15) is 12.4 Å². The molecule has 0 heterocycles. The number of carbonyl (C=O) groups is 1. The Morgan fingerprint density at radius 3 is 2.77 bits per heavy atom. The molecule has 0 bridgehead atoms. The summed E-state index contributed by atoms with van der Waals surface area (Å²) < 4.78 is 15.8. The standard InChI is InChI=1S/C16H24ClNO4/c1-4-21-16(19)18-7-8-22-15-6-5-13(9-14(15)17)11-20-10-12(2)3/h5-6,9,12H,4,7-8,10-11H2,1-3H3,(H,18,19). The van der Waals surface area contributed by atoms with E-state index in [4.69, 9.17) is 25.8 Å². The van der Waals surface area contributed by atoms with Crippen molar-refractivity contribution in [2.24, 2.45) is 5.92 Å². The van der Waals surface area contributed by atoms with Crippen LogP contribution in [0.25, 0.3) is 0 Å². The van der Waals surface area contributed by atoms with Gasteiger partial charge in [0.2, 0.25) is 0 Å². The van der Waals surface area contributed by atoms with Gasteiger partial charge in [-0.25, -0.2) is 4.79 Å². The lowest BCUT2D eigenvalue weighted by atomic mass is 10.2. The van der Waals surface area contributed by atoms with Gasteiger partial charge in [0.05, 0.1) is 24.8 Å². The number of amides is 1. The lowest BCUT2D eigenvalue weighted by Gasteiger charge is -2.11. The molecule has 1 aromatic rings. The molecular formula is C16H24ClNO4. The monoisotopic (exact) mass is 329 g/mol. The molecule has 0 saturated carbocycles. The zero-order valence-electron chi connectivity index (χ0n) is 13.4. The first-order valence-corrected chi connectivity index (χ1v) is 7.80. The number of benzene rings is 1. The van der Waals surface area contributed by atoms with E-state index in [1.54, 1.807) is 13.0 Å². The quantitative estimate of drug-likeness (QED) is 0.703. The third kappa shape index (κ3) is 7.52. The fourth-order valence-electron chi connectivity index (χ4n) is 1.66. The third-order valence-electron chi connectivity index (χ3n) is 2.62. The van der Waals surface area contributed by atoms with Gasteiger partial charge in [-0.15, -0.1) is 0 Å². The molecule has 1 amide bonds. The molecule has 0 fully saturated rings. The van der Waals surface area contributed by atoms with Crippen molar-refractivity contribution in [1.29, 1.82) is 0 Å². The average Bonchev–Trinajstić information content (AvgIpc) is 2.45. The normalized spacial score (nSPS) is 10.6. The van der Waals surface area contributed by atoms with Crippen molar-refractivity contribution in [3.05, 3.63) is 28.8 Å². The van der Waals surface area contributed by atoms with E-state index < -0.39 is 6.09 Å². The minimum Gasteiger partial charge on any atom is -0.490 e. The molecular weight excluding hydrogens is 306 g/mol. The highest BCUT2D eigenvalue weighted by molar-refractivity contribution is 6.32. The minimum atomic E-state index is -0.449. The first-order valence-electron chi connectivity index (χ1n) is 7.42. The number of rotatable bonds is 9. The van der Waals surface area contributed by atoms with Gasteiger partial charge in [-0.05, 0) is 30.5 Å². The molecule has 0 saturated heterocycles. The summed E-state index contributed by atoms with van der Waals surface area (Å²) in [6, 6.07) is 5.55. The molecule has 0 spiro atoms. The van der Waals surface area contributed by atoms with Gasteiger partial charge >= 0.3 is 6.09 Å². The molecule has 124 valence electrons. The van der Waals surface area contributed by atoms with E-state index in [1.807, 2.05) is 12.1 Å². The Bertz CT molecular complexity index is 465. The highest BCUT2D eigenvalue weighted by Crippen LogP contribution is 2.25. The molecule has 1 aromatic carbocycles. The molecule has 0 aromatic heterocycles. The summed E-state index contributed by atoms with van der Waals surface area (Å²) in [6.07, 6.45) is -0.449. The maximum Gasteiger partial charge on any atom is 0.407 e. The molecule has 6 heteroatoms. The summed E-state index contributed by atoms with van der Waals surface area (Å²) in [6.45, 7) is 8.23. The van der Waals surface area contributed by atoms with Crippen LogP contribution in [-0.4, -0.2) is 32.5 Å². The molecule has 22 heavy (non-hydrogen) atoms. The summed E-state index contributed by atoms with van der Waals surface area (Å²) in [5, 5.41) is 3.10. The van der Waals surface area contributed by atoms with Gasteiger partial charge in [0, 0.05) is 6.61 Å². The van der Waals surface area contributed by atoms with E-state index in [2.05, 4.69) is 19.2 Å². The average molecular weight is 330 g/mol. The van der Waals surface area contributed by atoms with E-state index in [0.29, 0.717) is 43.1 Å². The van der Waals surface area contributed by atoms with Gasteiger partial charge in [-0.3, -0.25) is 0 Å². The van der Waals surface area contributed by atoms with Crippen molar-refractivity contribution >= 4 is 17.7 Å². The summed E-state index contributed by atoms with van der Waals surface area (Å²) >= 11 is 6.17. The second-order valence-electron chi connectivity index (χ2n) is 5.17. The third-order valence-corrected chi connectivity index (χ3v) is 2.92. The van der Waals surface area contributed by atoms with Crippen LogP contribution in [0.3, 0.4) is 0 Å². The van der Waals surface area contributed by atoms with Crippen LogP contribution < -0.4 is 10.1 Å². The SMILES string of the molecule is CCOC(=O)NCCOc1ccc(COCC(C)C)cc1Cl. The van der Waals surface area contributed by atoms with Gasteiger partial charge in [0.15, 0.2) is 0 Å². The number of hydrogen-bond donors (Lipinski definition) is 1. The van der Waals surface area contributed by atoms with Gasteiger partial charge in [-0.2, -0.15) is 0 Å². The van der Waals surface area contributed by atoms with Crippen LogP contribution in [0.2, 0.25) is 5.02 Å². The summed E-state index contributed by atoms with van der Waals surface area (Å²) in [5.41, 5.74) is 1.00. The van der Waals surface area contributed by atoms with Crippen molar-refractivity contribution in [2.45, 2.75) is 27.4 Å². The highest BCUT2D eigenvalue weighted by Gasteiger charge is 2.05. The Kier molecular flexibility index (Phi) is 8.70. The number of halogens is 1. The highest BCUT2D eigenvalue weighted by atomic mass is 35.5. The zero-order valence-corrected chi connectivity index (χ0v) is 14.1. The van der Waals surface area contributed by atoms with Crippen molar-refractivity contribution < 1.29 is 19.0 Å². The number of hydrogen-bond acceptors (Lipinski definition) is 4. The van der Waals surface area contributed by atoms with Gasteiger partial charge < -0.3 is 19.5 Å². The number of ether oxygens (including phenoxy) is 3. The number of alkyl carbamates (subject to hydrolysis) is 1.